The Labute approximate surface area is 133 Å². The Kier molecular flexibility index (Phi) is 6.97. The molecule has 124 valence electrons. The molecule has 22 heavy (non-hydrogen) atoms. The Morgan fingerprint density at radius 2 is 1.68 bits per heavy atom. The van der Waals surface area contributed by atoms with Gasteiger partial charge in [0.25, 0.3) is 0 Å². The van der Waals surface area contributed by atoms with Gasteiger partial charge in [0.2, 0.25) is 0 Å². The van der Waals surface area contributed by atoms with E-state index in [4.69, 9.17) is 0 Å². The molecular formula is C18H29FN2O. The molecule has 0 aromatic heterocycles. The lowest BCUT2D eigenvalue weighted by Crippen LogP contribution is -2.46. The topological polar surface area (TPSA) is 26.7 Å². The highest BCUT2D eigenvalue weighted by molar-refractivity contribution is 5.49. The van der Waals surface area contributed by atoms with Gasteiger partial charge < -0.3 is 10.0 Å². The fourth-order valence-electron chi connectivity index (χ4n) is 3.04. The average molecular weight is 308 g/mol. The van der Waals surface area contributed by atoms with Gasteiger partial charge in [-0.05, 0) is 25.1 Å². The van der Waals surface area contributed by atoms with Crippen molar-refractivity contribution in [3.8, 4) is 5.75 Å². The van der Waals surface area contributed by atoms with Crippen molar-refractivity contribution in [2.75, 3.05) is 37.6 Å². The highest BCUT2D eigenvalue weighted by atomic mass is 19.1. The molecule has 0 unspecified atom stereocenters. The molecule has 1 aromatic rings. The number of aromatic hydroxyl groups is 1. The summed E-state index contributed by atoms with van der Waals surface area (Å²) < 4.78 is 13.4. The van der Waals surface area contributed by atoms with Gasteiger partial charge in [-0.25, -0.2) is 4.39 Å². The minimum absolute atomic E-state index is 0.273. The van der Waals surface area contributed by atoms with Crippen molar-refractivity contribution in [3.05, 3.63) is 24.0 Å². The number of rotatable bonds is 8. The minimum atomic E-state index is -0.535. The standard InChI is InChI=1S/C18H29FN2O/c1-2-3-4-5-6-7-10-20-11-13-21(14-12-20)16-8-9-18(22)17(19)15-16/h8-9,15,22H,2-7,10-14H2,1H3. The summed E-state index contributed by atoms with van der Waals surface area (Å²) in [6.07, 6.45) is 8.03. The van der Waals surface area contributed by atoms with Gasteiger partial charge in [-0.1, -0.05) is 39.0 Å². The molecule has 1 aliphatic rings. The molecule has 1 fully saturated rings. The van der Waals surface area contributed by atoms with E-state index < -0.39 is 5.82 Å². The van der Waals surface area contributed by atoms with Gasteiger partial charge in [0.05, 0.1) is 0 Å². The molecule has 0 amide bonds. The maximum atomic E-state index is 13.4. The summed E-state index contributed by atoms with van der Waals surface area (Å²) in [4.78, 5) is 4.70. The zero-order valence-corrected chi connectivity index (χ0v) is 13.7. The first-order valence-electron chi connectivity index (χ1n) is 8.66. The summed E-state index contributed by atoms with van der Waals surface area (Å²) in [6.45, 7) is 7.37. The molecule has 1 heterocycles. The number of piperazine rings is 1. The summed E-state index contributed by atoms with van der Waals surface area (Å²) in [7, 11) is 0. The number of halogens is 1. The predicted molar refractivity (Wildman–Crippen MR) is 90.1 cm³/mol. The van der Waals surface area contributed by atoms with E-state index in [1.807, 2.05) is 0 Å². The Balaban J connectivity index is 1.66. The van der Waals surface area contributed by atoms with Crippen LogP contribution in [0.25, 0.3) is 0 Å². The van der Waals surface area contributed by atoms with Gasteiger partial charge in [0.1, 0.15) is 0 Å². The van der Waals surface area contributed by atoms with E-state index in [0.29, 0.717) is 0 Å². The summed E-state index contributed by atoms with van der Waals surface area (Å²) >= 11 is 0. The van der Waals surface area contributed by atoms with Crippen LogP contribution >= 0.6 is 0 Å². The van der Waals surface area contributed by atoms with E-state index in [9.17, 15) is 9.50 Å². The second-order valence-electron chi connectivity index (χ2n) is 6.23. The number of phenols is 1. The maximum Gasteiger partial charge on any atom is 0.166 e. The van der Waals surface area contributed by atoms with Gasteiger partial charge in [-0.15, -0.1) is 0 Å². The van der Waals surface area contributed by atoms with Crippen LogP contribution in [-0.4, -0.2) is 42.7 Å². The summed E-state index contributed by atoms with van der Waals surface area (Å²) in [5.41, 5.74) is 0.870. The molecule has 3 nitrogen and oxygen atoms in total. The van der Waals surface area contributed by atoms with E-state index in [0.717, 1.165) is 31.9 Å². The van der Waals surface area contributed by atoms with E-state index in [1.165, 1.54) is 57.2 Å². The number of hydrogen-bond acceptors (Lipinski definition) is 3. The van der Waals surface area contributed by atoms with Crippen LogP contribution in [0.15, 0.2) is 18.2 Å². The molecule has 0 spiro atoms. The van der Waals surface area contributed by atoms with Gasteiger partial charge in [0, 0.05) is 37.9 Å². The molecule has 1 saturated heterocycles. The molecule has 0 aliphatic carbocycles. The molecule has 0 bridgehead atoms. The summed E-state index contributed by atoms with van der Waals surface area (Å²) in [6, 6.07) is 4.66. The van der Waals surface area contributed by atoms with Crippen molar-refractivity contribution in [1.82, 2.24) is 4.90 Å². The van der Waals surface area contributed by atoms with Gasteiger partial charge in [-0.3, -0.25) is 4.90 Å². The number of benzene rings is 1. The molecule has 4 heteroatoms. The minimum Gasteiger partial charge on any atom is -0.505 e. The molecule has 0 radical (unpaired) electrons. The highest BCUT2D eigenvalue weighted by Gasteiger charge is 2.17. The molecule has 2 rings (SSSR count). The van der Waals surface area contributed by atoms with Crippen LogP contribution in [0.5, 0.6) is 5.75 Å². The number of unbranched alkanes of at least 4 members (excludes halogenated alkanes) is 5. The molecule has 1 aliphatic heterocycles. The van der Waals surface area contributed by atoms with Gasteiger partial charge in [-0.2, -0.15) is 0 Å². The van der Waals surface area contributed by atoms with Crippen LogP contribution in [0.1, 0.15) is 45.4 Å². The second-order valence-corrected chi connectivity index (χ2v) is 6.23. The van der Waals surface area contributed by atoms with Crippen LogP contribution in [-0.2, 0) is 0 Å². The molecule has 1 N–H and O–H groups in total. The monoisotopic (exact) mass is 308 g/mol. The molecule has 1 aromatic carbocycles. The maximum absolute atomic E-state index is 13.4. The zero-order valence-electron chi connectivity index (χ0n) is 13.7. The highest BCUT2D eigenvalue weighted by Crippen LogP contribution is 2.23. The molecular weight excluding hydrogens is 279 g/mol. The lowest BCUT2D eigenvalue weighted by Gasteiger charge is -2.36. The van der Waals surface area contributed by atoms with Crippen LogP contribution in [0.2, 0.25) is 0 Å². The first kappa shape index (κ1) is 17.1. The Morgan fingerprint density at radius 3 is 2.36 bits per heavy atom. The lowest BCUT2D eigenvalue weighted by molar-refractivity contribution is 0.252. The zero-order chi connectivity index (χ0) is 15.8. The van der Waals surface area contributed by atoms with Crippen LogP contribution in [0, 0.1) is 5.82 Å². The number of phenolic OH excluding ortho intramolecular Hbond substituents is 1. The normalized spacial score (nSPS) is 16.2. The molecule has 0 atom stereocenters. The third-order valence-corrected chi connectivity index (χ3v) is 4.50. The predicted octanol–water partition coefficient (Wildman–Crippen LogP) is 4.01. The largest absolute Gasteiger partial charge is 0.505 e. The van der Waals surface area contributed by atoms with Crippen LogP contribution in [0.3, 0.4) is 0 Å². The van der Waals surface area contributed by atoms with E-state index >= 15 is 0 Å². The first-order valence-corrected chi connectivity index (χ1v) is 8.66. The Bertz CT molecular complexity index is 445. The Hall–Kier alpha value is -1.29. The van der Waals surface area contributed by atoms with E-state index in [1.54, 1.807) is 6.07 Å². The average Bonchev–Trinajstić information content (AvgIpc) is 2.54. The number of hydrogen-bond donors (Lipinski definition) is 1. The second kappa shape index (κ2) is 8.99. The number of nitrogens with zero attached hydrogens (tertiary/aromatic N) is 2. The molecule has 0 saturated carbocycles. The van der Waals surface area contributed by atoms with Crippen molar-refractivity contribution in [1.29, 1.82) is 0 Å². The van der Waals surface area contributed by atoms with Crippen molar-refractivity contribution in [3.63, 3.8) is 0 Å². The van der Waals surface area contributed by atoms with Gasteiger partial charge in [0.15, 0.2) is 11.6 Å². The first-order chi connectivity index (χ1) is 10.7. The van der Waals surface area contributed by atoms with Crippen molar-refractivity contribution < 1.29 is 9.50 Å². The van der Waals surface area contributed by atoms with E-state index in [-0.39, 0.29) is 5.75 Å². The smallest absolute Gasteiger partial charge is 0.166 e. The van der Waals surface area contributed by atoms with Crippen LogP contribution < -0.4 is 4.90 Å². The summed E-state index contributed by atoms with van der Waals surface area (Å²) in [5, 5.41) is 9.26. The third-order valence-electron chi connectivity index (χ3n) is 4.50. The van der Waals surface area contributed by atoms with E-state index in [2.05, 4.69) is 16.7 Å². The van der Waals surface area contributed by atoms with Gasteiger partial charge >= 0.3 is 0 Å². The third kappa shape index (κ3) is 5.16. The Morgan fingerprint density at radius 1 is 1.00 bits per heavy atom. The number of anilines is 1. The lowest BCUT2D eigenvalue weighted by atomic mass is 10.1. The summed E-state index contributed by atoms with van der Waals surface area (Å²) in [5.74, 6) is -0.808. The fraction of sp³-hybridized carbons (Fsp3) is 0.667. The fourth-order valence-corrected chi connectivity index (χ4v) is 3.04. The van der Waals surface area contributed by atoms with Crippen molar-refractivity contribution >= 4 is 5.69 Å². The SMILES string of the molecule is CCCCCCCCN1CCN(c2ccc(O)c(F)c2)CC1. The van der Waals surface area contributed by atoms with Crippen molar-refractivity contribution in [2.24, 2.45) is 0 Å². The quantitative estimate of drug-likeness (QED) is 0.735. The van der Waals surface area contributed by atoms with Crippen molar-refractivity contribution in [2.45, 2.75) is 45.4 Å². The van der Waals surface area contributed by atoms with Crippen LogP contribution in [0.4, 0.5) is 10.1 Å².